The molecule has 26 heavy (non-hydrogen) atoms. The molecular weight excluding hydrogens is 339 g/mol. The van der Waals surface area contributed by atoms with E-state index >= 15 is 0 Å². The van der Waals surface area contributed by atoms with E-state index in [-0.39, 0.29) is 18.7 Å². The average Bonchev–Trinajstić information content (AvgIpc) is 3.01. The highest BCUT2D eigenvalue weighted by Crippen LogP contribution is 2.44. The van der Waals surface area contributed by atoms with Gasteiger partial charge in [0, 0.05) is 31.8 Å². The van der Waals surface area contributed by atoms with E-state index in [0.717, 1.165) is 16.6 Å². The van der Waals surface area contributed by atoms with Crippen molar-refractivity contribution in [3.05, 3.63) is 29.3 Å². The highest BCUT2D eigenvalue weighted by molar-refractivity contribution is 6.62. The Kier molecular flexibility index (Phi) is 3.80. The summed E-state index contributed by atoms with van der Waals surface area (Å²) in [4.78, 5) is 14.1. The Labute approximate surface area is 153 Å². The number of carbonyl (C=O) groups is 1. The number of carbonyl (C=O) groups excluding carboxylic acids is 1. The van der Waals surface area contributed by atoms with Crippen LogP contribution in [0.15, 0.2) is 18.2 Å². The second-order valence-electron chi connectivity index (χ2n) is 8.77. The molecule has 1 aliphatic carbocycles. The highest BCUT2D eigenvalue weighted by Gasteiger charge is 2.52. The summed E-state index contributed by atoms with van der Waals surface area (Å²) in [5, 5.41) is 0. The number of halogens is 2. The van der Waals surface area contributed by atoms with Crippen molar-refractivity contribution in [3.63, 3.8) is 0 Å². The van der Waals surface area contributed by atoms with Crippen LogP contribution in [0.5, 0.6) is 0 Å². The highest BCUT2D eigenvalue weighted by atomic mass is 19.3. The van der Waals surface area contributed by atoms with E-state index in [2.05, 4.69) is 0 Å². The number of hydrogen-bond donors (Lipinski definition) is 0. The number of fused-ring (bicyclic) bond motifs is 1. The zero-order chi connectivity index (χ0) is 18.9. The molecular formula is C19H24BF2NO3. The Morgan fingerprint density at radius 1 is 1.08 bits per heavy atom. The number of hydrogen-bond acceptors (Lipinski definition) is 3. The lowest BCUT2D eigenvalue weighted by molar-refractivity contribution is -0.160. The van der Waals surface area contributed by atoms with Crippen LogP contribution in [0.1, 0.15) is 51.7 Å². The fourth-order valence-corrected chi connectivity index (χ4v) is 3.79. The van der Waals surface area contributed by atoms with Crippen molar-refractivity contribution in [2.24, 2.45) is 5.92 Å². The zero-order valence-electron chi connectivity index (χ0n) is 15.6. The van der Waals surface area contributed by atoms with Crippen LogP contribution in [0.4, 0.5) is 8.78 Å². The molecule has 2 aliphatic heterocycles. The van der Waals surface area contributed by atoms with Gasteiger partial charge in [-0.3, -0.25) is 4.79 Å². The monoisotopic (exact) mass is 363 g/mol. The summed E-state index contributed by atoms with van der Waals surface area (Å²) < 4.78 is 38.3. The molecule has 1 aromatic carbocycles. The Morgan fingerprint density at radius 2 is 1.65 bits per heavy atom. The third kappa shape index (κ3) is 2.85. The van der Waals surface area contributed by atoms with Crippen molar-refractivity contribution in [3.8, 4) is 0 Å². The van der Waals surface area contributed by atoms with Crippen LogP contribution in [-0.4, -0.2) is 35.1 Å². The van der Waals surface area contributed by atoms with Crippen LogP contribution < -0.4 is 5.46 Å². The molecule has 4 rings (SSSR count). The van der Waals surface area contributed by atoms with Gasteiger partial charge in [0.25, 0.3) is 0 Å². The average molecular weight is 363 g/mol. The number of amides is 1. The van der Waals surface area contributed by atoms with E-state index < -0.39 is 30.2 Å². The summed E-state index contributed by atoms with van der Waals surface area (Å²) in [6, 6.07) is 5.96. The van der Waals surface area contributed by atoms with Crippen LogP contribution in [-0.2, 0) is 27.2 Å². The van der Waals surface area contributed by atoms with E-state index in [1.54, 1.807) is 4.90 Å². The SMILES string of the molecule is CC1(C)OB(c2ccc3c(c2)CN(C(=O)C2CC(F)(F)C2)C3)OC1(C)C. The lowest BCUT2D eigenvalue weighted by atomic mass is 9.78. The molecule has 2 fully saturated rings. The molecule has 4 nitrogen and oxygen atoms in total. The van der Waals surface area contributed by atoms with Gasteiger partial charge in [0.05, 0.1) is 11.2 Å². The normalized spacial score (nSPS) is 25.9. The maximum Gasteiger partial charge on any atom is 0.494 e. The minimum atomic E-state index is -2.67. The quantitative estimate of drug-likeness (QED) is 0.759. The van der Waals surface area contributed by atoms with Crippen molar-refractivity contribution in [1.82, 2.24) is 4.90 Å². The zero-order valence-corrected chi connectivity index (χ0v) is 15.6. The first kappa shape index (κ1) is 17.9. The molecule has 0 N–H and O–H groups in total. The van der Waals surface area contributed by atoms with E-state index in [9.17, 15) is 13.6 Å². The predicted molar refractivity (Wildman–Crippen MR) is 94.1 cm³/mol. The first-order valence-electron chi connectivity index (χ1n) is 9.11. The molecule has 3 aliphatic rings. The Bertz CT molecular complexity index is 741. The van der Waals surface area contributed by atoms with Crippen LogP contribution in [0.25, 0.3) is 0 Å². The topological polar surface area (TPSA) is 38.8 Å². The van der Waals surface area contributed by atoms with Crippen LogP contribution in [0, 0.1) is 5.92 Å². The summed E-state index contributed by atoms with van der Waals surface area (Å²) in [5.74, 6) is -3.37. The molecule has 0 unspecified atom stereocenters. The summed E-state index contributed by atoms with van der Waals surface area (Å²) in [5.41, 5.74) is 2.20. The van der Waals surface area contributed by atoms with Gasteiger partial charge < -0.3 is 14.2 Å². The summed E-state index contributed by atoms with van der Waals surface area (Å²) >= 11 is 0. The van der Waals surface area contributed by atoms with Gasteiger partial charge in [0.1, 0.15) is 0 Å². The van der Waals surface area contributed by atoms with E-state index in [0.29, 0.717) is 13.1 Å². The summed E-state index contributed by atoms with van der Waals surface area (Å²) in [7, 11) is -0.444. The smallest absolute Gasteiger partial charge is 0.399 e. The Morgan fingerprint density at radius 3 is 2.23 bits per heavy atom. The van der Waals surface area contributed by atoms with Crippen molar-refractivity contribution in [2.75, 3.05) is 0 Å². The second kappa shape index (κ2) is 5.52. The number of benzene rings is 1. The minimum Gasteiger partial charge on any atom is -0.399 e. The number of nitrogens with zero attached hydrogens (tertiary/aromatic N) is 1. The molecule has 0 atom stereocenters. The van der Waals surface area contributed by atoms with Gasteiger partial charge in [-0.1, -0.05) is 18.2 Å². The fourth-order valence-electron chi connectivity index (χ4n) is 3.79. The maximum absolute atomic E-state index is 13.1. The Balaban J connectivity index is 1.47. The summed E-state index contributed by atoms with van der Waals surface area (Å²) in [6.07, 6.45) is -0.643. The third-order valence-corrected chi connectivity index (χ3v) is 6.23. The Hall–Kier alpha value is -1.47. The molecule has 2 heterocycles. The lowest BCUT2D eigenvalue weighted by Crippen LogP contribution is -2.45. The predicted octanol–water partition coefficient (Wildman–Crippen LogP) is 2.87. The fraction of sp³-hybridized carbons (Fsp3) is 0.632. The van der Waals surface area contributed by atoms with Gasteiger partial charge in [-0.2, -0.15) is 0 Å². The molecule has 0 aromatic heterocycles. The largest absolute Gasteiger partial charge is 0.494 e. The van der Waals surface area contributed by atoms with Gasteiger partial charge in [-0.15, -0.1) is 0 Å². The van der Waals surface area contributed by atoms with E-state index in [1.807, 2.05) is 45.9 Å². The van der Waals surface area contributed by atoms with Gasteiger partial charge in [-0.05, 0) is 44.3 Å². The van der Waals surface area contributed by atoms with Crippen LogP contribution >= 0.6 is 0 Å². The molecule has 0 spiro atoms. The van der Waals surface area contributed by atoms with Gasteiger partial charge in [-0.25, -0.2) is 8.78 Å². The lowest BCUT2D eigenvalue weighted by Gasteiger charge is -2.36. The van der Waals surface area contributed by atoms with Crippen molar-refractivity contribution >= 4 is 18.5 Å². The molecule has 7 heteroatoms. The molecule has 1 amide bonds. The van der Waals surface area contributed by atoms with E-state index in [1.165, 1.54) is 0 Å². The molecule has 1 saturated heterocycles. The first-order valence-corrected chi connectivity index (χ1v) is 9.11. The van der Waals surface area contributed by atoms with Crippen LogP contribution in [0.2, 0.25) is 0 Å². The van der Waals surface area contributed by atoms with E-state index in [4.69, 9.17) is 9.31 Å². The number of alkyl halides is 2. The standard InChI is InChI=1S/C19H24BF2NO3/c1-17(2)18(3,4)26-20(25-17)15-6-5-12-10-23(11-13(12)7-15)16(24)14-8-19(21,22)9-14/h5-7,14H,8-11H2,1-4H3. The molecule has 0 bridgehead atoms. The number of rotatable bonds is 2. The first-order chi connectivity index (χ1) is 12.0. The maximum atomic E-state index is 13.1. The van der Waals surface area contributed by atoms with Gasteiger partial charge in [0.2, 0.25) is 11.8 Å². The van der Waals surface area contributed by atoms with Crippen molar-refractivity contribution < 1.29 is 22.9 Å². The van der Waals surface area contributed by atoms with Crippen molar-refractivity contribution in [2.45, 2.75) is 70.8 Å². The second-order valence-corrected chi connectivity index (χ2v) is 8.77. The van der Waals surface area contributed by atoms with Gasteiger partial charge in [0.15, 0.2) is 0 Å². The van der Waals surface area contributed by atoms with Crippen LogP contribution in [0.3, 0.4) is 0 Å². The molecule has 140 valence electrons. The molecule has 1 aromatic rings. The molecule has 1 saturated carbocycles. The van der Waals surface area contributed by atoms with Crippen molar-refractivity contribution in [1.29, 1.82) is 0 Å². The molecule has 0 radical (unpaired) electrons. The third-order valence-electron chi connectivity index (χ3n) is 6.23. The van der Waals surface area contributed by atoms with Gasteiger partial charge >= 0.3 is 7.12 Å². The minimum absolute atomic E-state index is 0.163. The summed E-state index contributed by atoms with van der Waals surface area (Å²) in [6.45, 7) is 8.98.